The Morgan fingerprint density at radius 3 is 2.50 bits per heavy atom. The second kappa shape index (κ2) is 5.75. The summed E-state index contributed by atoms with van der Waals surface area (Å²) in [6, 6.07) is 0. The van der Waals surface area contributed by atoms with Crippen LogP contribution in [0.5, 0.6) is 0 Å². The minimum Gasteiger partial charge on any atom is -0.330 e. The first-order chi connectivity index (χ1) is 6.69. The summed E-state index contributed by atoms with van der Waals surface area (Å²) in [6.45, 7) is 7.99. The van der Waals surface area contributed by atoms with Crippen molar-refractivity contribution in [2.45, 2.75) is 52.9 Å². The van der Waals surface area contributed by atoms with Gasteiger partial charge in [0, 0.05) is 0 Å². The summed E-state index contributed by atoms with van der Waals surface area (Å²) in [5, 5.41) is 0. The molecule has 0 amide bonds. The fourth-order valence-corrected chi connectivity index (χ4v) is 2.46. The van der Waals surface area contributed by atoms with E-state index >= 15 is 0 Å². The maximum Gasteiger partial charge on any atom is -0.00772 e. The van der Waals surface area contributed by atoms with Gasteiger partial charge in [0.15, 0.2) is 0 Å². The Kier molecular flexibility index (Phi) is 4.94. The van der Waals surface area contributed by atoms with Crippen LogP contribution in [-0.2, 0) is 0 Å². The molecule has 1 fully saturated rings. The van der Waals surface area contributed by atoms with Gasteiger partial charge in [0.25, 0.3) is 0 Å². The minimum atomic E-state index is 0.868. The second-order valence-electron chi connectivity index (χ2n) is 5.29. The van der Waals surface area contributed by atoms with E-state index in [1.807, 2.05) is 0 Å². The van der Waals surface area contributed by atoms with Gasteiger partial charge in [-0.1, -0.05) is 27.2 Å². The molecule has 4 unspecified atom stereocenters. The molecule has 0 aromatic heterocycles. The minimum absolute atomic E-state index is 0.868. The van der Waals surface area contributed by atoms with Gasteiger partial charge < -0.3 is 5.73 Å². The van der Waals surface area contributed by atoms with Crippen molar-refractivity contribution in [3.8, 4) is 0 Å². The highest BCUT2D eigenvalue weighted by Gasteiger charge is 2.35. The van der Waals surface area contributed by atoms with E-state index in [0.717, 1.165) is 30.2 Å². The molecule has 0 spiro atoms. The van der Waals surface area contributed by atoms with E-state index in [1.54, 1.807) is 0 Å². The SMILES string of the molecule is CCC(C)C(CCCN)CC1CC1C. The third kappa shape index (κ3) is 3.61. The molecule has 1 heteroatoms. The summed E-state index contributed by atoms with van der Waals surface area (Å²) >= 11 is 0. The van der Waals surface area contributed by atoms with Crippen molar-refractivity contribution in [1.29, 1.82) is 0 Å². The maximum absolute atomic E-state index is 5.59. The van der Waals surface area contributed by atoms with Crippen molar-refractivity contribution >= 4 is 0 Å². The molecule has 84 valence electrons. The average molecular weight is 197 g/mol. The van der Waals surface area contributed by atoms with Crippen LogP contribution in [0.2, 0.25) is 0 Å². The van der Waals surface area contributed by atoms with Gasteiger partial charge in [-0.25, -0.2) is 0 Å². The molecule has 4 atom stereocenters. The van der Waals surface area contributed by atoms with E-state index in [4.69, 9.17) is 5.73 Å². The van der Waals surface area contributed by atoms with Gasteiger partial charge in [0.1, 0.15) is 0 Å². The molecule has 0 saturated heterocycles. The standard InChI is InChI=1S/C13H27N/c1-4-10(2)12(6-5-7-14)9-13-8-11(13)3/h10-13H,4-9,14H2,1-3H3. The van der Waals surface area contributed by atoms with Crippen molar-refractivity contribution < 1.29 is 0 Å². The molecule has 1 saturated carbocycles. The summed E-state index contributed by atoms with van der Waals surface area (Å²) in [6.07, 6.45) is 6.85. The summed E-state index contributed by atoms with van der Waals surface area (Å²) in [4.78, 5) is 0. The van der Waals surface area contributed by atoms with Crippen molar-refractivity contribution in [2.24, 2.45) is 29.4 Å². The lowest BCUT2D eigenvalue weighted by Crippen LogP contribution is -2.14. The second-order valence-corrected chi connectivity index (χ2v) is 5.29. The normalized spacial score (nSPS) is 30.0. The largest absolute Gasteiger partial charge is 0.330 e. The lowest BCUT2D eigenvalue weighted by Gasteiger charge is -2.22. The Morgan fingerprint density at radius 1 is 1.43 bits per heavy atom. The van der Waals surface area contributed by atoms with E-state index in [0.29, 0.717) is 0 Å². The van der Waals surface area contributed by atoms with Crippen LogP contribution in [0.3, 0.4) is 0 Å². The van der Waals surface area contributed by atoms with E-state index in [2.05, 4.69) is 20.8 Å². The van der Waals surface area contributed by atoms with E-state index in [1.165, 1.54) is 32.1 Å². The van der Waals surface area contributed by atoms with Gasteiger partial charge in [-0.3, -0.25) is 0 Å². The molecular weight excluding hydrogens is 170 g/mol. The molecule has 14 heavy (non-hydrogen) atoms. The molecule has 0 aliphatic heterocycles. The fourth-order valence-electron chi connectivity index (χ4n) is 2.46. The number of rotatable bonds is 7. The quantitative estimate of drug-likeness (QED) is 0.665. The van der Waals surface area contributed by atoms with Crippen LogP contribution >= 0.6 is 0 Å². The van der Waals surface area contributed by atoms with Crippen LogP contribution in [0, 0.1) is 23.7 Å². The Hall–Kier alpha value is -0.0400. The lowest BCUT2D eigenvalue weighted by atomic mass is 9.83. The van der Waals surface area contributed by atoms with Gasteiger partial charge in [0.05, 0.1) is 0 Å². The van der Waals surface area contributed by atoms with Crippen molar-refractivity contribution in [3.05, 3.63) is 0 Å². The van der Waals surface area contributed by atoms with Gasteiger partial charge in [-0.2, -0.15) is 0 Å². The zero-order chi connectivity index (χ0) is 10.6. The molecule has 0 aromatic carbocycles. The molecule has 1 aliphatic rings. The molecular formula is C13H27N. The van der Waals surface area contributed by atoms with Crippen molar-refractivity contribution in [3.63, 3.8) is 0 Å². The van der Waals surface area contributed by atoms with Crippen LogP contribution < -0.4 is 5.73 Å². The molecule has 1 aliphatic carbocycles. The van der Waals surface area contributed by atoms with Crippen LogP contribution in [0.1, 0.15) is 52.9 Å². The molecule has 0 bridgehead atoms. The highest BCUT2D eigenvalue weighted by Crippen LogP contribution is 2.44. The monoisotopic (exact) mass is 197 g/mol. The van der Waals surface area contributed by atoms with Crippen molar-refractivity contribution in [2.75, 3.05) is 6.54 Å². The predicted octanol–water partition coefficient (Wildman–Crippen LogP) is 3.43. The molecule has 1 rings (SSSR count). The van der Waals surface area contributed by atoms with Crippen LogP contribution in [0.4, 0.5) is 0 Å². The first-order valence-electron chi connectivity index (χ1n) is 6.39. The molecule has 0 heterocycles. The molecule has 2 N–H and O–H groups in total. The van der Waals surface area contributed by atoms with E-state index in [-0.39, 0.29) is 0 Å². The number of nitrogens with two attached hydrogens (primary N) is 1. The molecule has 0 aromatic rings. The van der Waals surface area contributed by atoms with Gasteiger partial charge in [-0.15, -0.1) is 0 Å². The highest BCUT2D eigenvalue weighted by molar-refractivity contribution is 4.85. The average Bonchev–Trinajstić information content (AvgIpc) is 2.87. The maximum atomic E-state index is 5.59. The smallest absolute Gasteiger partial charge is 0.00772 e. The zero-order valence-electron chi connectivity index (χ0n) is 10.1. The third-order valence-corrected chi connectivity index (χ3v) is 4.11. The predicted molar refractivity (Wildman–Crippen MR) is 63.1 cm³/mol. The van der Waals surface area contributed by atoms with Gasteiger partial charge in [0.2, 0.25) is 0 Å². The highest BCUT2D eigenvalue weighted by atomic mass is 14.5. The van der Waals surface area contributed by atoms with E-state index in [9.17, 15) is 0 Å². The molecule has 0 radical (unpaired) electrons. The fraction of sp³-hybridized carbons (Fsp3) is 1.00. The summed E-state index contributed by atoms with van der Waals surface area (Å²) in [5.41, 5.74) is 5.59. The Labute approximate surface area is 89.5 Å². The summed E-state index contributed by atoms with van der Waals surface area (Å²) < 4.78 is 0. The summed E-state index contributed by atoms with van der Waals surface area (Å²) in [5.74, 6) is 3.90. The Bertz CT molecular complexity index is 155. The zero-order valence-corrected chi connectivity index (χ0v) is 10.1. The lowest BCUT2D eigenvalue weighted by molar-refractivity contribution is 0.286. The summed E-state index contributed by atoms with van der Waals surface area (Å²) in [7, 11) is 0. The number of hydrogen-bond acceptors (Lipinski definition) is 1. The van der Waals surface area contributed by atoms with Gasteiger partial charge >= 0.3 is 0 Å². The van der Waals surface area contributed by atoms with E-state index < -0.39 is 0 Å². The first-order valence-corrected chi connectivity index (χ1v) is 6.39. The third-order valence-electron chi connectivity index (χ3n) is 4.11. The van der Waals surface area contributed by atoms with Crippen LogP contribution in [-0.4, -0.2) is 6.54 Å². The number of hydrogen-bond donors (Lipinski definition) is 1. The van der Waals surface area contributed by atoms with Crippen LogP contribution in [0.25, 0.3) is 0 Å². The molecule has 1 nitrogen and oxygen atoms in total. The van der Waals surface area contributed by atoms with Crippen molar-refractivity contribution in [1.82, 2.24) is 0 Å². The first kappa shape index (κ1) is 12.0. The Balaban J connectivity index is 2.28. The Morgan fingerprint density at radius 2 is 2.07 bits per heavy atom. The topological polar surface area (TPSA) is 26.0 Å². The van der Waals surface area contributed by atoms with Crippen LogP contribution in [0.15, 0.2) is 0 Å². The van der Waals surface area contributed by atoms with Gasteiger partial charge in [-0.05, 0) is 55.9 Å².